The zero-order valence-electron chi connectivity index (χ0n) is 14.0. The Bertz CT molecular complexity index is 225. The minimum absolute atomic E-state index is 0.661. The van der Waals surface area contributed by atoms with Gasteiger partial charge < -0.3 is 0 Å². The van der Waals surface area contributed by atoms with Gasteiger partial charge in [-0.2, -0.15) is 0 Å². The molecule has 0 bridgehead atoms. The van der Waals surface area contributed by atoms with Crippen molar-refractivity contribution in [1.82, 2.24) is 0 Å². The van der Waals surface area contributed by atoms with Crippen LogP contribution in [0.3, 0.4) is 0 Å². The van der Waals surface area contributed by atoms with Crippen molar-refractivity contribution < 1.29 is 32.7 Å². The first kappa shape index (κ1) is 20.2. The second-order valence-electron chi connectivity index (χ2n) is 6.63. The molecule has 7 heteroatoms. The van der Waals surface area contributed by atoms with E-state index in [0.717, 1.165) is 12.8 Å². The molecule has 0 N–H and O–H groups in total. The molecule has 0 spiro atoms. The quantitative estimate of drug-likeness (QED) is 0.522. The van der Waals surface area contributed by atoms with Crippen molar-refractivity contribution >= 4 is 16.6 Å². The molecule has 0 aromatic heterocycles. The van der Waals surface area contributed by atoms with Crippen molar-refractivity contribution in [1.29, 1.82) is 0 Å². The summed E-state index contributed by atoms with van der Waals surface area (Å²) in [5, 5.41) is 0. The van der Waals surface area contributed by atoms with Crippen molar-refractivity contribution in [3.63, 3.8) is 0 Å². The molecule has 19 heavy (non-hydrogen) atoms. The summed E-state index contributed by atoms with van der Waals surface area (Å²) in [6, 6.07) is 0. The van der Waals surface area contributed by atoms with Crippen LogP contribution in [0.25, 0.3) is 0 Å². The van der Waals surface area contributed by atoms with Crippen LogP contribution in [0.15, 0.2) is 0 Å². The molecule has 0 aromatic carbocycles. The van der Waals surface area contributed by atoms with Gasteiger partial charge in [0.25, 0.3) is 0 Å². The Morgan fingerprint density at radius 2 is 1.00 bits per heavy atom. The van der Waals surface area contributed by atoms with E-state index >= 15 is 0 Å². The van der Waals surface area contributed by atoms with Crippen molar-refractivity contribution in [2.75, 3.05) is 13.2 Å². The SMILES string of the molecule is CCC[O][Zr]([O]CCC)([O][Si](C)(C)C)[O][Si](C)(C)C. The van der Waals surface area contributed by atoms with Gasteiger partial charge in [-0.05, 0) is 0 Å². The Balaban J connectivity index is 5.06. The number of hydrogen-bond donors (Lipinski definition) is 0. The van der Waals surface area contributed by atoms with Gasteiger partial charge in [0.05, 0.1) is 0 Å². The molecule has 0 unspecified atom stereocenters. The third-order valence-electron chi connectivity index (χ3n) is 1.83. The van der Waals surface area contributed by atoms with Gasteiger partial charge in [-0.15, -0.1) is 0 Å². The minimum atomic E-state index is -3.85. The molecule has 0 atom stereocenters. The topological polar surface area (TPSA) is 36.9 Å². The van der Waals surface area contributed by atoms with E-state index in [0.29, 0.717) is 13.2 Å². The van der Waals surface area contributed by atoms with Gasteiger partial charge in [0.2, 0.25) is 0 Å². The number of hydrogen-bond acceptors (Lipinski definition) is 4. The molecule has 0 aliphatic rings. The normalized spacial score (nSPS) is 13.9. The molecule has 0 amide bonds. The van der Waals surface area contributed by atoms with Gasteiger partial charge >= 0.3 is 128 Å². The summed E-state index contributed by atoms with van der Waals surface area (Å²) in [6.07, 6.45) is 1.91. The molecular formula is C12H32O4Si2Zr. The predicted molar refractivity (Wildman–Crippen MR) is 81.3 cm³/mol. The van der Waals surface area contributed by atoms with E-state index in [1.54, 1.807) is 0 Å². The summed E-state index contributed by atoms with van der Waals surface area (Å²) in [5.41, 5.74) is 0. The molecule has 0 aromatic rings. The average molecular weight is 388 g/mol. The first-order valence-electron chi connectivity index (χ1n) is 7.22. The maximum absolute atomic E-state index is 6.32. The molecule has 4 nitrogen and oxygen atoms in total. The summed E-state index contributed by atoms with van der Waals surface area (Å²) < 4.78 is 24.7. The van der Waals surface area contributed by atoms with E-state index in [4.69, 9.17) is 10.6 Å². The molecule has 116 valence electrons. The number of rotatable bonds is 10. The zero-order valence-corrected chi connectivity index (χ0v) is 18.4. The fraction of sp³-hybridized carbons (Fsp3) is 1.00. The third kappa shape index (κ3) is 10.5. The van der Waals surface area contributed by atoms with Crippen molar-refractivity contribution in [3.8, 4) is 0 Å². The van der Waals surface area contributed by atoms with Crippen LogP contribution in [0.5, 0.6) is 0 Å². The van der Waals surface area contributed by atoms with Crippen LogP contribution in [-0.2, 0) is 32.7 Å². The molecule has 0 rings (SSSR count). The van der Waals surface area contributed by atoms with Gasteiger partial charge in [-0.3, -0.25) is 0 Å². The molecule has 0 heterocycles. The molecule has 0 saturated heterocycles. The molecule has 0 aliphatic carbocycles. The van der Waals surface area contributed by atoms with Crippen molar-refractivity contribution in [2.45, 2.75) is 66.0 Å². The van der Waals surface area contributed by atoms with Crippen molar-refractivity contribution in [2.24, 2.45) is 0 Å². The first-order valence-corrected chi connectivity index (χ1v) is 18.0. The van der Waals surface area contributed by atoms with E-state index in [9.17, 15) is 0 Å². The molecule has 0 radical (unpaired) electrons. The average Bonchev–Trinajstić information content (AvgIpc) is 2.19. The van der Waals surface area contributed by atoms with Crippen LogP contribution in [-0.4, -0.2) is 29.8 Å². The second-order valence-corrected chi connectivity index (χ2v) is 22.4. The van der Waals surface area contributed by atoms with Crippen LogP contribution in [0.2, 0.25) is 39.3 Å². The third-order valence-corrected chi connectivity index (χ3v) is 19.0. The van der Waals surface area contributed by atoms with Gasteiger partial charge in [0, 0.05) is 0 Å². The summed E-state index contributed by atoms with van der Waals surface area (Å²) in [5.74, 6) is 0. The van der Waals surface area contributed by atoms with E-state index < -0.39 is 38.7 Å². The summed E-state index contributed by atoms with van der Waals surface area (Å²) in [6.45, 7) is 18.5. The van der Waals surface area contributed by atoms with E-state index in [1.807, 2.05) is 0 Å². The predicted octanol–water partition coefficient (Wildman–Crippen LogP) is 4.36. The van der Waals surface area contributed by atoms with Gasteiger partial charge in [0.1, 0.15) is 0 Å². The Morgan fingerprint density at radius 1 is 0.684 bits per heavy atom. The molecule has 0 aliphatic heterocycles. The van der Waals surface area contributed by atoms with E-state index in [2.05, 4.69) is 53.1 Å². The Hall–Kier alpha value is 1.16. The van der Waals surface area contributed by atoms with Crippen LogP contribution in [0.4, 0.5) is 0 Å². The Morgan fingerprint density at radius 3 is 1.21 bits per heavy atom. The van der Waals surface area contributed by atoms with Crippen LogP contribution in [0.1, 0.15) is 26.7 Å². The second kappa shape index (κ2) is 8.56. The van der Waals surface area contributed by atoms with Gasteiger partial charge in [0.15, 0.2) is 0 Å². The molecular weight excluding hydrogens is 356 g/mol. The zero-order chi connectivity index (χ0) is 15.2. The summed E-state index contributed by atoms with van der Waals surface area (Å²) in [4.78, 5) is 0. The molecule has 0 saturated carbocycles. The fourth-order valence-electron chi connectivity index (χ4n) is 1.38. The van der Waals surface area contributed by atoms with Crippen LogP contribution >= 0.6 is 0 Å². The fourth-order valence-corrected chi connectivity index (χ4v) is 19.4. The van der Waals surface area contributed by atoms with Crippen LogP contribution < -0.4 is 0 Å². The summed E-state index contributed by atoms with van der Waals surface area (Å²) >= 11 is -3.85. The Kier molecular flexibility index (Phi) is 9.08. The van der Waals surface area contributed by atoms with E-state index in [1.165, 1.54) is 0 Å². The summed E-state index contributed by atoms with van der Waals surface area (Å²) in [7, 11) is -3.50. The van der Waals surface area contributed by atoms with Crippen molar-refractivity contribution in [3.05, 3.63) is 0 Å². The van der Waals surface area contributed by atoms with Crippen LogP contribution in [0, 0.1) is 0 Å². The molecule has 0 fully saturated rings. The van der Waals surface area contributed by atoms with Gasteiger partial charge in [-0.1, -0.05) is 0 Å². The monoisotopic (exact) mass is 386 g/mol. The first-order chi connectivity index (χ1) is 8.54. The maximum atomic E-state index is 6.32. The standard InChI is InChI=1S/2C3H9OSi.2C3H7O.Zr/c2*1-5(2,3)4;2*1-2-3-4;/h2*1-3H3;2*2-3H2,1H3;/q4*-1;+4. The Labute approximate surface area is 128 Å². The van der Waals surface area contributed by atoms with Gasteiger partial charge in [-0.25, -0.2) is 0 Å². The van der Waals surface area contributed by atoms with E-state index in [-0.39, 0.29) is 0 Å².